The first-order valence-corrected chi connectivity index (χ1v) is 8.08. The first-order valence-electron chi connectivity index (χ1n) is 8.08. The highest BCUT2D eigenvalue weighted by Gasteiger charge is 2.17. The van der Waals surface area contributed by atoms with Gasteiger partial charge in [0.2, 0.25) is 0 Å². The van der Waals surface area contributed by atoms with E-state index in [4.69, 9.17) is 4.42 Å². The van der Waals surface area contributed by atoms with Crippen molar-refractivity contribution in [1.29, 1.82) is 0 Å². The Morgan fingerprint density at radius 2 is 1.76 bits per heavy atom. The number of carbonyl (C=O) groups is 1. The van der Waals surface area contributed by atoms with Crippen LogP contribution in [0.4, 0.5) is 5.69 Å². The lowest BCUT2D eigenvalue weighted by Crippen LogP contribution is -2.19. The van der Waals surface area contributed by atoms with Gasteiger partial charge in [-0.15, -0.1) is 0 Å². The number of fused-ring (bicyclic) bond motifs is 1. The molecule has 0 bridgehead atoms. The molecule has 1 N–H and O–H groups in total. The number of nitrogens with one attached hydrogen (secondary N) is 1. The molecule has 0 saturated heterocycles. The molecule has 25 heavy (non-hydrogen) atoms. The molecule has 0 fully saturated rings. The molecule has 3 rings (SSSR count). The van der Waals surface area contributed by atoms with Crippen molar-refractivity contribution in [2.24, 2.45) is 5.10 Å². The van der Waals surface area contributed by atoms with Crippen LogP contribution in [-0.4, -0.2) is 25.7 Å². The van der Waals surface area contributed by atoms with Gasteiger partial charge < -0.3 is 9.32 Å². The highest BCUT2D eigenvalue weighted by atomic mass is 16.3. The average Bonchev–Trinajstić information content (AvgIpc) is 2.96. The van der Waals surface area contributed by atoms with Crippen molar-refractivity contribution < 1.29 is 9.21 Å². The number of nitrogens with zero attached hydrogens (tertiary/aromatic N) is 2. The van der Waals surface area contributed by atoms with Crippen molar-refractivity contribution in [2.75, 3.05) is 19.0 Å². The zero-order chi connectivity index (χ0) is 18.0. The van der Waals surface area contributed by atoms with Crippen LogP contribution in [0.3, 0.4) is 0 Å². The lowest BCUT2D eigenvalue weighted by Gasteiger charge is -2.12. The van der Waals surface area contributed by atoms with Crippen molar-refractivity contribution >= 4 is 28.3 Å². The molecule has 0 spiro atoms. The molecule has 0 aliphatic carbocycles. The summed E-state index contributed by atoms with van der Waals surface area (Å²) in [4.78, 5) is 14.4. The van der Waals surface area contributed by atoms with Crippen molar-refractivity contribution in [3.8, 4) is 0 Å². The van der Waals surface area contributed by atoms with Crippen molar-refractivity contribution in [2.45, 2.75) is 13.8 Å². The molecule has 1 heterocycles. The van der Waals surface area contributed by atoms with Crippen LogP contribution in [0.15, 0.2) is 58.0 Å². The third-order valence-corrected chi connectivity index (χ3v) is 4.18. The minimum absolute atomic E-state index is 0.292. The Hall–Kier alpha value is -3.08. The molecule has 0 unspecified atom stereocenters. The van der Waals surface area contributed by atoms with E-state index in [0.717, 1.165) is 27.9 Å². The van der Waals surface area contributed by atoms with E-state index in [0.29, 0.717) is 11.3 Å². The molecule has 0 radical (unpaired) electrons. The lowest BCUT2D eigenvalue weighted by atomic mass is 10.1. The van der Waals surface area contributed by atoms with Gasteiger partial charge in [0, 0.05) is 30.7 Å². The summed E-state index contributed by atoms with van der Waals surface area (Å²) >= 11 is 0. The second-order valence-electron chi connectivity index (χ2n) is 6.13. The molecule has 2 aromatic carbocycles. The van der Waals surface area contributed by atoms with E-state index in [1.807, 2.05) is 81.4 Å². The zero-order valence-electron chi connectivity index (χ0n) is 14.8. The second-order valence-corrected chi connectivity index (χ2v) is 6.13. The van der Waals surface area contributed by atoms with Crippen LogP contribution in [0.5, 0.6) is 0 Å². The zero-order valence-corrected chi connectivity index (χ0v) is 14.8. The van der Waals surface area contributed by atoms with Gasteiger partial charge in [-0.2, -0.15) is 5.10 Å². The van der Waals surface area contributed by atoms with Crippen molar-refractivity contribution in [1.82, 2.24) is 5.43 Å². The predicted octanol–water partition coefficient (Wildman–Crippen LogP) is 3.96. The van der Waals surface area contributed by atoms with Crippen LogP contribution >= 0.6 is 0 Å². The monoisotopic (exact) mass is 335 g/mol. The molecule has 0 atom stereocenters. The van der Waals surface area contributed by atoms with Gasteiger partial charge in [0.1, 0.15) is 5.58 Å². The normalized spacial score (nSPS) is 11.6. The van der Waals surface area contributed by atoms with Gasteiger partial charge in [0.05, 0.1) is 5.71 Å². The van der Waals surface area contributed by atoms with Gasteiger partial charge in [-0.3, -0.25) is 4.79 Å². The number of rotatable bonds is 4. The average molecular weight is 335 g/mol. The van der Waals surface area contributed by atoms with Crippen LogP contribution in [0.1, 0.15) is 28.6 Å². The number of amides is 1. The first-order chi connectivity index (χ1) is 12.0. The van der Waals surface area contributed by atoms with Crippen molar-refractivity contribution in [3.63, 3.8) is 0 Å². The van der Waals surface area contributed by atoms with E-state index in [1.54, 1.807) is 0 Å². The van der Waals surface area contributed by atoms with Gasteiger partial charge in [0.15, 0.2) is 5.76 Å². The Labute approximate surface area is 146 Å². The minimum atomic E-state index is -0.349. The Balaban J connectivity index is 1.77. The van der Waals surface area contributed by atoms with Gasteiger partial charge >= 0.3 is 5.91 Å². The summed E-state index contributed by atoms with van der Waals surface area (Å²) in [6.07, 6.45) is 0. The number of anilines is 1. The smallest absolute Gasteiger partial charge is 0.307 e. The summed E-state index contributed by atoms with van der Waals surface area (Å²) in [5.74, 6) is -0.0568. The fourth-order valence-electron chi connectivity index (χ4n) is 2.64. The molecule has 128 valence electrons. The Bertz CT molecular complexity index is 937. The highest BCUT2D eigenvalue weighted by Crippen LogP contribution is 2.24. The number of hydrazone groups is 1. The topological polar surface area (TPSA) is 57.8 Å². The summed E-state index contributed by atoms with van der Waals surface area (Å²) in [7, 11) is 3.98. The fraction of sp³-hybridized carbons (Fsp3) is 0.200. The van der Waals surface area contributed by atoms with E-state index in [9.17, 15) is 4.79 Å². The van der Waals surface area contributed by atoms with Crippen molar-refractivity contribution in [3.05, 3.63) is 65.4 Å². The van der Waals surface area contributed by atoms with E-state index < -0.39 is 0 Å². The van der Waals surface area contributed by atoms with Crippen LogP contribution in [0.2, 0.25) is 0 Å². The lowest BCUT2D eigenvalue weighted by molar-refractivity contribution is 0.0928. The third kappa shape index (κ3) is 3.40. The number of hydrogen-bond donors (Lipinski definition) is 1. The first kappa shape index (κ1) is 16.8. The molecule has 0 aliphatic heterocycles. The number of carbonyl (C=O) groups excluding carboxylic acids is 1. The van der Waals surface area contributed by atoms with E-state index in [2.05, 4.69) is 10.5 Å². The molecule has 0 saturated carbocycles. The van der Waals surface area contributed by atoms with Gasteiger partial charge in [0.25, 0.3) is 0 Å². The summed E-state index contributed by atoms with van der Waals surface area (Å²) < 4.78 is 5.65. The quantitative estimate of drug-likeness (QED) is 0.580. The third-order valence-electron chi connectivity index (χ3n) is 4.18. The Morgan fingerprint density at radius 3 is 2.40 bits per heavy atom. The van der Waals surface area contributed by atoms with E-state index in [1.165, 1.54) is 0 Å². The standard InChI is InChI=1S/C20H21N3O2/c1-13-17-7-5-6-8-18(17)25-19(13)20(24)22-21-14(2)15-9-11-16(12-10-15)23(3)4/h5-12H,1-4H3,(H,22,24)/b21-14-. The van der Waals surface area contributed by atoms with Crippen LogP contribution in [-0.2, 0) is 0 Å². The number of hydrogen-bond acceptors (Lipinski definition) is 4. The summed E-state index contributed by atoms with van der Waals surface area (Å²) in [5, 5.41) is 5.14. The Morgan fingerprint density at radius 1 is 1.08 bits per heavy atom. The van der Waals surface area contributed by atoms with Gasteiger partial charge in [-0.25, -0.2) is 5.43 Å². The van der Waals surface area contributed by atoms with Crippen LogP contribution in [0.25, 0.3) is 11.0 Å². The molecule has 5 nitrogen and oxygen atoms in total. The molecule has 0 aliphatic rings. The maximum Gasteiger partial charge on any atom is 0.307 e. The summed E-state index contributed by atoms with van der Waals surface area (Å²) in [6, 6.07) is 15.6. The number of furan rings is 1. The maximum atomic E-state index is 12.4. The number of benzene rings is 2. The Kier molecular flexibility index (Phi) is 4.57. The number of aryl methyl sites for hydroxylation is 1. The van der Waals surface area contributed by atoms with Crippen LogP contribution in [0, 0.1) is 6.92 Å². The van der Waals surface area contributed by atoms with E-state index in [-0.39, 0.29) is 5.91 Å². The molecule has 3 aromatic rings. The predicted molar refractivity (Wildman–Crippen MR) is 101 cm³/mol. The summed E-state index contributed by atoms with van der Waals surface area (Å²) in [5.41, 5.74) is 6.89. The fourth-order valence-corrected chi connectivity index (χ4v) is 2.64. The molecule has 1 aromatic heterocycles. The van der Waals surface area contributed by atoms with Gasteiger partial charge in [-0.05, 0) is 37.6 Å². The SMILES string of the molecule is C/C(=N/NC(=O)c1oc2ccccc2c1C)c1ccc(N(C)C)cc1. The minimum Gasteiger partial charge on any atom is -0.451 e. The maximum absolute atomic E-state index is 12.4. The highest BCUT2D eigenvalue weighted by molar-refractivity contribution is 6.02. The molecule has 1 amide bonds. The second kappa shape index (κ2) is 6.81. The van der Waals surface area contributed by atoms with Crippen LogP contribution < -0.4 is 10.3 Å². The largest absolute Gasteiger partial charge is 0.451 e. The van der Waals surface area contributed by atoms with Gasteiger partial charge in [-0.1, -0.05) is 30.3 Å². The molecular formula is C20H21N3O2. The van der Waals surface area contributed by atoms with E-state index >= 15 is 0 Å². The number of para-hydroxylation sites is 1. The molecule has 5 heteroatoms. The molecular weight excluding hydrogens is 314 g/mol. The summed E-state index contributed by atoms with van der Waals surface area (Å²) in [6.45, 7) is 3.73.